The molecule has 20 heavy (non-hydrogen) atoms. The van der Waals surface area contributed by atoms with Gasteiger partial charge in [-0.15, -0.1) is 0 Å². The molecule has 0 radical (unpaired) electrons. The average Bonchev–Trinajstić information content (AvgIpc) is 2.35. The maximum Gasteiger partial charge on any atom is 0.150 e. The zero-order valence-electron chi connectivity index (χ0n) is 12.2. The van der Waals surface area contributed by atoms with Gasteiger partial charge in [0.15, 0.2) is 5.78 Å². The number of carbonyl (C=O) groups is 1. The van der Waals surface area contributed by atoms with Gasteiger partial charge in [0.2, 0.25) is 0 Å². The Labute approximate surface area is 131 Å². The maximum atomic E-state index is 12.4. The quantitative estimate of drug-likeness (QED) is 0.806. The second-order valence-corrected chi connectivity index (χ2v) is 6.64. The molecule has 0 heterocycles. The summed E-state index contributed by atoms with van der Waals surface area (Å²) in [6.45, 7) is 1.93. The first kappa shape index (κ1) is 15.8. The molecule has 1 aromatic rings. The van der Waals surface area contributed by atoms with Crippen LogP contribution in [0.5, 0.6) is 0 Å². The first-order chi connectivity index (χ1) is 9.42. The van der Waals surface area contributed by atoms with Crippen LogP contribution in [0, 0.1) is 0 Å². The number of benzene rings is 1. The molecule has 1 saturated carbocycles. The summed E-state index contributed by atoms with van der Waals surface area (Å²) in [6, 6.07) is 5.70. The van der Waals surface area contributed by atoms with Crippen LogP contribution in [0.3, 0.4) is 0 Å². The average molecular weight is 314 g/mol. The lowest BCUT2D eigenvalue weighted by Crippen LogP contribution is -2.56. The van der Waals surface area contributed by atoms with Gasteiger partial charge in [-0.2, -0.15) is 0 Å². The summed E-state index contributed by atoms with van der Waals surface area (Å²) in [5.74, 6) is 0.292. The van der Waals surface area contributed by atoms with E-state index < -0.39 is 0 Å². The van der Waals surface area contributed by atoms with Gasteiger partial charge in [-0.1, -0.05) is 42.6 Å². The number of rotatable bonds is 5. The lowest BCUT2D eigenvalue weighted by atomic mass is 9.58. The molecule has 1 aliphatic rings. The van der Waals surface area contributed by atoms with Crippen molar-refractivity contribution in [2.75, 3.05) is 14.1 Å². The van der Waals surface area contributed by atoms with Crippen LogP contribution in [-0.2, 0) is 10.2 Å². The molecule has 2 nitrogen and oxygen atoms in total. The molecule has 0 aromatic heterocycles. The molecule has 1 aliphatic carbocycles. The molecule has 0 saturated heterocycles. The Morgan fingerprint density at radius 2 is 1.95 bits per heavy atom. The highest BCUT2D eigenvalue weighted by atomic mass is 35.5. The van der Waals surface area contributed by atoms with Crippen LogP contribution in [0.25, 0.3) is 0 Å². The van der Waals surface area contributed by atoms with E-state index in [1.54, 1.807) is 0 Å². The maximum absolute atomic E-state index is 12.4. The molecule has 110 valence electrons. The van der Waals surface area contributed by atoms with Crippen molar-refractivity contribution >= 4 is 29.0 Å². The molecule has 1 fully saturated rings. The van der Waals surface area contributed by atoms with Crippen LogP contribution in [0.2, 0.25) is 10.0 Å². The van der Waals surface area contributed by atoms with Crippen molar-refractivity contribution in [3.63, 3.8) is 0 Å². The first-order valence-corrected chi connectivity index (χ1v) is 7.82. The monoisotopic (exact) mass is 313 g/mol. The van der Waals surface area contributed by atoms with Gasteiger partial charge in [0.25, 0.3) is 0 Å². The first-order valence-electron chi connectivity index (χ1n) is 7.07. The van der Waals surface area contributed by atoms with Gasteiger partial charge in [-0.3, -0.25) is 9.69 Å². The van der Waals surface area contributed by atoms with Crippen LogP contribution in [0.15, 0.2) is 18.2 Å². The van der Waals surface area contributed by atoms with Gasteiger partial charge in [-0.25, -0.2) is 0 Å². The molecule has 1 atom stereocenters. The van der Waals surface area contributed by atoms with Gasteiger partial charge >= 0.3 is 0 Å². The van der Waals surface area contributed by atoms with Gasteiger partial charge in [0.05, 0.1) is 16.1 Å². The van der Waals surface area contributed by atoms with Crippen LogP contribution in [0.4, 0.5) is 0 Å². The predicted molar refractivity (Wildman–Crippen MR) is 84.8 cm³/mol. The van der Waals surface area contributed by atoms with Crippen molar-refractivity contribution in [1.29, 1.82) is 0 Å². The summed E-state index contributed by atoms with van der Waals surface area (Å²) in [5, 5.41) is 1.13. The van der Waals surface area contributed by atoms with Crippen molar-refractivity contribution in [2.45, 2.75) is 44.1 Å². The number of nitrogens with zero attached hydrogens (tertiary/aromatic N) is 1. The molecule has 1 aromatic carbocycles. The van der Waals surface area contributed by atoms with E-state index >= 15 is 0 Å². The molecule has 4 heteroatoms. The van der Waals surface area contributed by atoms with Crippen molar-refractivity contribution in [2.24, 2.45) is 0 Å². The number of ketones is 1. The number of Topliss-reactive ketones (excluding diaryl/α,β-unsaturated/α-hetero) is 1. The topological polar surface area (TPSA) is 20.3 Å². The van der Waals surface area contributed by atoms with E-state index in [9.17, 15) is 4.79 Å². The van der Waals surface area contributed by atoms with E-state index in [1.165, 1.54) is 0 Å². The van der Waals surface area contributed by atoms with Gasteiger partial charge in [0, 0.05) is 11.8 Å². The van der Waals surface area contributed by atoms with Gasteiger partial charge < -0.3 is 0 Å². The lowest BCUT2D eigenvalue weighted by Gasteiger charge is -2.50. The van der Waals surface area contributed by atoms with Crippen molar-refractivity contribution < 1.29 is 4.79 Å². The minimum Gasteiger partial charge on any atom is -0.299 e. The molecule has 1 unspecified atom stereocenters. The highest BCUT2D eigenvalue weighted by Crippen LogP contribution is 2.49. The highest BCUT2D eigenvalue weighted by molar-refractivity contribution is 6.42. The summed E-state index contributed by atoms with van der Waals surface area (Å²) in [6.07, 6.45) is 3.77. The molecular weight excluding hydrogens is 293 g/mol. The third kappa shape index (κ3) is 2.61. The predicted octanol–water partition coefficient (Wildman–Crippen LogP) is 4.32. The van der Waals surface area contributed by atoms with Gasteiger partial charge in [-0.05, 0) is 44.6 Å². The number of carbonyl (C=O) groups excluding carboxylic acids is 1. The summed E-state index contributed by atoms with van der Waals surface area (Å²) >= 11 is 12.2. The second kappa shape index (κ2) is 6.05. The molecule has 0 amide bonds. The Hall–Kier alpha value is -0.570. The Morgan fingerprint density at radius 1 is 1.30 bits per heavy atom. The minimum absolute atomic E-state index is 0.0847. The number of hydrogen-bond acceptors (Lipinski definition) is 2. The van der Waals surface area contributed by atoms with Crippen LogP contribution < -0.4 is 0 Å². The highest BCUT2D eigenvalue weighted by Gasteiger charge is 2.49. The zero-order valence-corrected chi connectivity index (χ0v) is 13.8. The fourth-order valence-electron chi connectivity index (χ4n) is 3.37. The van der Waals surface area contributed by atoms with E-state index in [0.717, 1.165) is 24.8 Å². The third-order valence-electron chi connectivity index (χ3n) is 4.43. The zero-order chi connectivity index (χ0) is 14.9. The molecule has 2 rings (SSSR count). The molecule has 0 bridgehead atoms. The van der Waals surface area contributed by atoms with E-state index in [2.05, 4.69) is 0 Å². The van der Waals surface area contributed by atoms with E-state index in [0.29, 0.717) is 22.2 Å². The van der Waals surface area contributed by atoms with Crippen molar-refractivity contribution in [3.8, 4) is 0 Å². The molecular formula is C16H21Cl2NO. The molecule has 0 spiro atoms. The van der Waals surface area contributed by atoms with E-state index in [1.807, 2.05) is 44.1 Å². The normalized spacial score (nSPS) is 18.7. The summed E-state index contributed by atoms with van der Waals surface area (Å²) in [4.78, 5) is 14.5. The number of likely N-dealkylation sites (N-methyl/N-ethyl adjacent to an activating group) is 1. The third-order valence-corrected chi connectivity index (χ3v) is 5.17. The smallest absolute Gasteiger partial charge is 0.150 e. The van der Waals surface area contributed by atoms with Crippen LogP contribution in [0.1, 0.15) is 38.2 Å². The number of hydrogen-bond donors (Lipinski definition) is 0. The Bertz CT molecular complexity index is 509. The van der Waals surface area contributed by atoms with E-state index in [-0.39, 0.29) is 11.5 Å². The minimum atomic E-state index is -0.106. The van der Waals surface area contributed by atoms with Gasteiger partial charge in [0.1, 0.15) is 0 Å². The Kier molecular flexibility index (Phi) is 4.78. The summed E-state index contributed by atoms with van der Waals surface area (Å²) < 4.78 is 0. The molecule has 0 aliphatic heterocycles. The van der Waals surface area contributed by atoms with Crippen molar-refractivity contribution in [1.82, 2.24) is 4.90 Å². The van der Waals surface area contributed by atoms with Crippen LogP contribution >= 0.6 is 23.2 Å². The summed E-state index contributed by atoms with van der Waals surface area (Å²) in [5.41, 5.74) is 1.03. The molecule has 0 N–H and O–H groups in total. The Balaban J connectivity index is 2.46. The standard InChI is InChI=1S/C16H21Cl2NO/c1-4-14(20)15(19(2)3)16(8-5-9-16)11-6-7-12(17)13(18)10-11/h6-7,10,15H,4-5,8-9H2,1-3H3. The summed E-state index contributed by atoms with van der Waals surface area (Å²) in [7, 11) is 3.96. The van der Waals surface area contributed by atoms with Crippen molar-refractivity contribution in [3.05, 3.63) is 33.8 Å². The fraction of sp³-hybridized carbons (Fsp3) is 0.562. The fourth-order valence-corrected chi connectivity index (χ4v) is 3.67. The largest absolute Gasteiger partial charge is 0.299 e. The lowest BCUT2D eigenvalue weighted by molar-refractivity contribution is -0.127. The van der Waals surface area contributed by atoms with Crippen LogP contribution in [-0.4, -0.2) is 30.8 Å². The second-order valence-electron chi connectivity index (χ2n) is 5.82. The SMILES string of the molecule is CCC(=O)C(N(C)C)C1(c2ccc(Cl)c(Cl)c2)CCC1. The van der Waals surface area contributed by atoms with E-state index in [4.69, 9.17) is 23.2 Å². The Morgan fingerprint density at radius 3 is 2.35 bits per heavy atom. The number of halogens is 2.